The molecule has 0 N–H and O–H groups in total. The van der Waals surface area contributed by atoms with E-state index in [0.29, 0.717) is 0 Å². The summed E-state index contributed by atoms with van der Waals surface area (Å²) in [6, 6.07) is 3.84. The molecule has 0 fully saturated rings. The van der Waals surface area contributed by atoms with E-state index in [9.17, 15) is 0 Å². The summed E-state index contributed by atoms with van der Waals surface area (Å²) in [6.45, 7) is 9.99. The van der Waals surface area contributed by atoms with Crippen LogP contribution in [0.5, 0.6) is 0 Å². The van der Waals surface area contributed by atoms with E-state index in [4.69, 9.17) is 4.42 Å². The second kappa shape index (κ2) is 8.07. The molecule has 94 valence electrons. The Bertz CT molecular complexity index is 475. The van der Waals surface area contributed by atoms with Crippen LogP contribution in [0.3, 0.4) is 0 Å². The van der Waals surface area contributed by atoms with Crippen molar-refractivity contribution in [2.45, 2.75) is 13.3 Å². The molecule has 0 saturated carbocycles. The van der Waals surface area contributed by atoms with E-state index in [1.165, 1.54) is 5.57 Å². The van der Waals surface area contributed by atoms with Crippen molar-refractivity contribution >= 4 is 6.21 Å². The largest absolute Gasteiger partial charge is 0.460 e. The van der Waals surface area contributed by atoms with Gasteiger partial charge in [-0.2, -0.15) is 0 Å². The SMILES string of the molecule is C=C/C=C\C(=C/C=C)CCN=Cc1ccc(C)o1. The van der Waals surface area contributed by atoms with Crippen LogP contribution in [-0.4, -0.2) is 12.8 Å². The van der Waals surface area contributed by atoms with Gasteiger partial charge >= 0.3 is 0 Å². The van der Waals surface area contributed by atoms with E-state index in [0.717, 1.165) is 24.5 Å². The molecule has 0 aromatic carbocycles. The lowest BCUT2D eigenvalue weighted by Gasteiger charge is -1.97. The predicted molar refractivity (Wildman–Crippen MR) is 78.1 cm³/mol. The standard InChI is InChI=1S/C16H19NO/c1-4-6-8-15(7-5-2)11-12-17-13-16-10-9-14(3)18-16/h4-10,13H,1-2,11-12H2,3H3/b8-6-,15-7+,17-13?. The maximum Gasteiger partial charge on any atom is 0.144 e. The molecule has 18 heavy (non-hydrogen) atoms. The molecule has 1 rings (SSSR count). The third-order valence-electron chi connectivity index (χ3n) is 2.29. The van der Waals surface area contributed by atoms with E-state index >= 15 is 0 Å². The number of nitrogens with zero attached hydrogens (tertiary/aromatic N) is 1. The Morgan fingerprint density at radius 3 is 2.78 bits per heavy atom. The van der Waals surface area contributed by atoms with Crippen molar-refractivity contribution in [2.75, 3.05) is 6.54 Å². The first kappa shape index (κ1) is 14.0. The summed E-state index contributed by atoms with van der Waals surface area (Å²) in [7, 11) is 0. The fraction of sp³-hybridized carbons (Fsp3) is 0.188. The minimum atomic E-state index is 0.723. The smallest absolute Gasteiger partial charge is 0.144 e. The van der Waals surface area contributed by atoms with Crippen LogP contribution < -0.4 is 0 Å². The van der Waals surface area contributed by atoms with E-state index in [1.54, 1.807) is 18.4 Å². The molecule has 0 bridgehead atoms. The Hall–Kier alpha value is -2.09. The highest BCUT2D eigenvalue weighted by Crippen LogP contribution is 2.06. The Morgan fingerprint density at radius 1 is 1.33 bits per heavy atom. The summed E-state index contributed by atoms with van der Waals surface area (Å²) in [5.74, 6) is 1.70. The maximum absolute atomic E-state index is 5.40. The molecule has 0 aliphatic rings. The minimum absolute atomic E-state index is 0.723. The molecule has 0 atom stereocenters. The van der Waals surface area contributed by atoms with Gasteiger partial charge in [-0.1, -0.05) is 43.5 Å². The van der Waals surface area contributed by atoms with Gasteiger partial charge in [0.25, 0.3) is 0 Å². The van der Waals surface area contributed by atoms with Crippen LogP contribution in [0.4, 0.5) is 0 Å². The zero-order valence-corrected chi connectivity index (χ0v) is 10.8. The van der Waals surface area contributed by atoms with Gasteiger partial charge in [-0.3, -0.25) is 4.99 Å². The molecule has 1 heterocycles. The van der Waals surface area contributed by atoms with Gasteiger partial charge < -0.3 is 4.42 Å². The van der Waals surface area contributed by atoms with E-state index in [-0.39, 0.29) is 0 Å². The summed E-state index contributed by atoms with van der Waals surface area (Å²) in [5, 5.41) is 0. The lowest BCUT2D eigenvalue weighted by atomic mass is 10.1. The first-order chi connectivity index (χ1) is 8.76. The zero-order chi connectivity index (χ0) is 13.2. The summed E-state index contributed by atoms with van der Waals surface area (Å²) < 4.78 is 5.40. The normalized spacial score (nSPS) is 12.4. The number of aryl methyl sites for hydroxylation is 1. The highest BCUT2D eigenvalue weighted by Gasteiger charge is 1.93. The number of hydrogen-bond acceptors (Lipinski definition) is 2. The molecular weight excluding hydrogens is 222 g/mol. The van der Waals surface area contributed by atoms with E-state index in [2.05, 4.69) is 18.2 Å². The number of hydrogen-bond donors (Lipinski definition) is 0. The quantitative estimate of drug-likeness (QED) is 0.517. The van der Waals surface area contributed by atoms with Gasteiger partial charge in [-0.05, 0) is 31.1 Å². The van der Waals surface area contributed by atoms with Crippen LogP contribution in [0, 0.1) is 6.92 Å². The molecule has 0 spiro atoms. The monoisotopic (exact) mass is 241 g/mol. The fourth-order valence-corrected chi connectivity index (χ4v) is 1.44. The molecule has 0 amide bonds. The Balaban J connectivity index is 2.46. The predicted octanol–water partition coefficient (Wildman–Crippen LogP) is 4.25. The van der Waals surface area contributed by atoms with Gasteiger partial charge in [0.1, 0.15) is 11.5 Å². The van der Waals surface area contributed by atoms with Crippen LogP contribution in [0.15, 0.2) is 70.7 Å². The van der Waals surface area contributed by atoms with Crippen LogP contribution >= 0.6 is 0 Å². The van der Waals surface area contributed by atoms with Crippen molar-refractivity contribution < 1.29 is 4.42 Å². The van der Waals surface area contributed by atoms with Crippen molar-refractivity contribution in [2.24, 2.45) is 4.99 Å². The summed E-state index contributed by atoms with van der Waals surface area (Å²) >= 11 is 0. The van der Waals surface area contributed by atoms with Gasteiger partial charge in [0.2, 0.25) is 0 Å². The molecule has 0 unspecified atom stereocenters. The first-order valence-corrected chi connectivity index (χ1v) is 5.93. The van der Waals surface area contributed by atoms with Gasteiger partial charge in [0.15, 0.2) is 0 Å². The molecule has 1 aromatic heterocycles. The lowest BCUT2D eigenvalue weighted by molar-refractivity contribution is 0.528. The first-order valence-electron chi connectivity index (χ1n) is 5.93. The summed E-state index contributed by atoms with van der Waals surface area (Å²) in [4.78, 5) is 4.33. The fourth-order valence-electron chi connectivity index (χ4n) is 1.44. The third kappa shape index (κ3) is 5.30. The highest BCUT2D eigenvalue weighted by molar-refractivity contribution is 5.75. The number of furan rings is 1. The van der Waals surface area contributed by atoms with E-state index < -0.39 is 0 Å². The van der Waals surface area contributed by atoms with Crippen molar-refractivity contribution in [3.05, 3.63) is 72.8 Å². The molecule has 2 nitrogen and oxygen atoms in total. The van der Waals surface area contributed by atoms with Crippen molar-refractivity contribution in [3.63, 3.8) is 0 Å². The van der Waals surface area contributed by atoms with Crippen LogP contribution in [0.1, 0.15) is 17.9 Å². The Kier molecular flexibility index (Phi) is 6.26. The van der Waals surface area contributed by atoms with Crippen LogP contribution in [-0.2, 0) is 0 Å². The Morgan fingerprint density at radius 2 is 2.17 bits per heavy atom. The highest BCUT2D eigenvalue weighted by atomic mass is 16.3. The second-order valence-electron chi connectivity index (χ2n) is 3.81. The number of allylic oxidation sites excluding steroid dienone is 5. The van der Waals surface area contributed by atoms with Crippen LogP contribution in [0.25, 0.3) is 0 Å². The van der Waals surface area contributed by atoms with Crippen molar-refractivity contribution in [1.29, 1.82) is 0 Å². The molecule has 0 aliphatic heterocycles. The lowest BCUT2D eigenvalue weighted by Crippen LogP contribution is -1.86. The summed E-state index contributed by atoms with van der Waals surface area (Å²) in [5.41, 5.74) is 1.18. The zero-order valence-electron chi connectivity index (χ0n) is 10.8. The molecule has 1 aromatic rings. The molecule has 0 saturated heterocycles. The van der Waals surface area contributed by atoms with Gasteiger partial charge in [0.05, 0.1) is 6.21 Å². The average molecular weight is 241 g/mol. The third-order valence-corrected chi connectivity index (χ3v) is 2.29. The van der Waals surface area contributed by atoms with Gasteiger partial charge in [0, 0.05) is 6.54 Å². The van der Waals surface area contributed by atoms with Gasteiger partial charge in [-0.15, -0.1) is 0 Å². The number of aliphatic imine (C=N–C) groups is 1. The van der Waals surface area contributed by atoms with E-state index in [1.807, 2.05) is 37.3 Å². The summed E-state index contributed by atoms with van der Waals surface area (Å²) in [6.07, 6.45) is 12.1. The average Bonchev–Trinajstić information content (AvgIpc) is 2.77. The van der Waals surface area contributed by atoms with Crippen molar-refractivity contribution in [1.82, 2.24) is 0 Å². The second-order valence-corrected chi connectivity index (χ2v) is 3.81. The molecule has 0 aliphatic carbocycles. The maximum atomic E-state index is 5.40. The van der Waals surface area contributed by atoms with Crippen molar-refractivity contribution in [3.8, 4) is 0 Å². The van der Waals surface area contributed by atoms with Crippen LogP contribution in [0.2, 0.25) is 0 Å². The number of rotatable bonds is 7. The molecule has 0 radical (unpaired) electrons. The minimum Gasteiger partial charge on any atom is -0.460 e. The molecule has 2 heteroatoms. The Labute approximate surface area is 109 Å². The van der Waals surface area contributed by atoms with Gasteiger partial charge in [-0.25, -0.2) is 0 Å². The molecular formula is C16H19NO. The topological polar surface area (TPSA) is 25.5 Å².